The monoisotopic (exact) mass is 1180 g/mol. The van der Waals surface area contributed by atoms with Crippen LogP contribution in [0.1, 0.15) is 86.0 Å². The summed E-state index contributed by atoms with van der Waals surface area (Å²) in [5, 5.41) is 10.1. The third kappa shape index (κ3) is 13.8. The Kier molecular flexibility index (Phi) is 15.2. The van der Waals surface area contributed by atoms with Gasteiger partial charge in [-0.15, -0.1) is 94.5 Å². The zero-order valence-corrected chi connectivity index (χ0v) is 46.9. The SMILES string of the molecule is [2H]C([2H])(c1ccc(-c2[c-]cc(-c3ccccc3-c3cc(CCc4c[c-]c(-c5ccccn5)cc4)cc(CCc4c[c-]c(-c5ccccn5)cc4)c3)c(-c3ccc(-c4ccc(C#N)c(C([2H])([2H])C(C)(C)C)c4)cc3)c2)nc1)C(C)(C)C.[Ir+3]. The maximum absolute atomic E-state index is 10.1. The van der Waals surface area contributed by atoms with Gasteiger partial charge in [0.2, 0.25) is 0 Å². The Morgan fingerprint density at radius 2 is 0.961 bits per heavy atom. The number of pyridine rings is 3. The van der Waals surface area contributed by atoms with E-state index in [1.54, 1.807) is 12.3 Å². The summed E-state index contributed by atoms with van der Waals surface area (Å²) >= 11 is 0. The molecule has 0 bridgehead atoms. The Labute approximate surface area is 476 Å². The summed E-state index contributed by atoms with van der Waals surface area (Å²) in [6, 6.07) is 74.7. The molecule has 0 aliphatic heterocycles. The Hall–Kier alpha value is -7.87. The van der Waals surface area contributed by atoms with Gasteiger partial charge in [-0.05, 0) is 128 Å². The molecule has 4 nitrogen and oxygen atoms in total. The van der Waals surface area contributed by atoms with Crippen molar-refractivity contribution in [2.45, 2.75) is 80.0 Å². The topological polar surface area (TPSA) is 62.5 Å². The van der Waals surface area contributed by atoms with Crippen LogP contribution in [-0.2, 0) is 58.5 Å². The van der Waals surface area contributed by atoms with Crippen molar-refractivity contribution in [1.82, 2.24) is 15.0 Å². The van der Waals surface area contributed by atoms with E-state index in [2.05, 4.69) is 149 Å². The van der Waals surface area contributed by atoms with Gasteiger partial charge in [0.05, 0.1) is 11.6 Å². The molecule has 77 heavy (non-hydrogen) atoms. The number of nitrogens with zero attached hydrogens (tertiary/aromatic N) is 4. The quantitative estimate of drug-likeness (QED) is 0.0960. The fourth-order valence-corrected chi connectivity index (χ4v) is 9.67. The van der Waals surface area contributed by atoms with E-state index in [1.807, 2.05) is 115 Å². The number of hydrogen-bond acceptors (Lipinski definition) is 4. The molecule has 0 unspecified atom stereocenters. The number of nitriles is 1. The Balaban J connectivity index is 0.00000792. The molecule has 5 heteroatoms. The van der Waals surface area contributed by atoms with E-state index in [1.165, 1.54) is 22.3 Å². The molecule has 0 aliphatic carbocycles. The fraction of sp³-hybridized carbons (Fsp3) is 0.194. The summed E-state index contributed by atoms with van der Waals surface area (Å²) in [5.41, 5.74) is 17.8. The second-order valence-corrected chi connectivity index (χ2v) is 21.5. The molecule has 0 atom stereocenters. The molecule has 3 heterocycles. The first kappa shape index (κ1) is 48.8. The third-order valence-electron chi connectivity index (χ3n) is 13.3. The van der Waals surface area contributed by atoms with Crippen LogP contribution in [0, 0.1) is 40.4 Å². The van der Waals surface area contributed by atoms with Crippen molar-refractivity contribution in [1.29, 1.82) is 5.26 Å². The van der Waals surface area contributed by atoms with Gasteiger partial charge in [0.25, 0.3) is 0 Å². The van der Waals surface area contributed by atoms with E-state index in [0.29, 0.717) is 22.4 Å². The van der Waals surface area contributed by atoms with E-state index in [-0.39, 0.29) is 20.1 Å². The molecule has 0 fully saturated rings. The van der Waals surface area contributed by atoms with E-state index < -0.39 is 23.6 Å². The van der Waals surface area contributed by atoms with Crippen LogP contribution in [0.25, 0.3) is 78.3 Å². The van der Waals surface area contributed by atoms with Crippen molar-refractivity contribution in [3.05, 3.63) is 258 Å². The molecule has 0 saturated carbocycles. The van der Waals surface area contributed by atoms with Crippen LogP contribution in [0.2, 0.25) is 0 Å². The molecule has 0 N–H and O–H groups in total. The third-order valence-corrected chi connectivity index (χ3v) is 13.3. The van der Waals surface area contributed by atoms with E-state index in [9.17, 15) is 5.26 Å². The molecule has 7 aromatic carbocycles. The van der Waals surface area contributed by atoms with Crippen LogP contribution in [0.15, 0.2) is 201 Å². The molecule has 10 aromatic rings. The maximum atomic E-state index is 10.1. The zero-order valence-electron chi connectivity index (χ0n) is 48.5. The molecular formula is C72H63IrN4. The van der Waals surface area contributed by atoms with Gasteiger partial charge in [0.15, 0.2) is 0 Å². The summed E-state index contributed by atoms with van der Waals surface area (Å²) < 4.78 is 36.0. The Morgan fingerprint density at radius 3 is 1.49 bits per heavy atom. The molecule has 0 saturated heterocycles. The van der Waals surface area contributed by atoms with Crippen LogP contribution < -0.4 is 0 Å². The summed E-state index contributed by atoms with van der Waals surface area (Å²) in [7, 11) is 0. The van der Waals surface area contributed by atoms with Crippen LogP contribution in [0.4, 0.5) is 0 Å². The number of hydrogen-bond donors (Lipinski definition) is 0. The standard InChI is InChI=1S/C72H63N4.Ir/c1-71(2,3)46-54-25-38-70(76-49-54)60-36-37-66(67(45-60)56-32-30-55(31-33-56)59-34-35-61(48-73)63(44-59)47-72(4,5)6)65-14-8-7-13-64(65)62-42-52(19-17-50-21-26-57(27-22-50)68-15-9-11-39-74-68)41-53(43-62)20-18-51-23-28-58(29-24-51)69-16-10-12-40-75-69;/h7-16,21-26,28,30-35,37-45,49H,17-20,46-47H2,1-6H3;/q-3;+3/i46D2,47D2;. The van der Waals surface area contributed by atoms with Crippen LogP contribution in [0.5, 0.6) is 0 Å². The van der Waals surface area contributed by atoms with Gasteiger partial charge in [0, 0.05) is 24.1 Å². The van der Waals surface area contributed by atoms with Crippen molar-refractivity contribution >= 4 is 0 Å². The van der Waals surface area contributed by atoms with Gasteiger partial charge < -0.3 is 15.0 Å². The molecule has 380 valence electrons. The van der Waals surface area contributed by atoms with Crippen molar-refractivity contribution in [2.24, 2.45) is 10.8 Å². The number of benzene rings is 7. The van der Waals surface area contributed by atoms with Crippen molar-refractivity contribution in [2.75, 3.05) is 0 Å². The van der Waals surface area contributed by atoms with Crippen LogP contribution in [-0.4, -0.2) is 15.0 Å². The predicted molar refractivity (Wildman–Crippen MR) is 313 cm³/mol. The van der Waals surface area contributed by atoms with E-state index >= 15 is 0 Å². The predicted octanol–water partition coefficient (Wildman–Crippen LogP) is 17.6. The summed E-state index contributed by atoms with van der Waals surface area (Å²) in [4.78, 5) is 13.9. The van der Waals surface area contributed by atoms with Crippen LogP contribution >= 0.6 is 0 Å². The van der Waals surface area contributed by atoms with Crippen molar-refractivity contribution in [3.63, 3.8) is 0 Å². The van der Waals surface area contributed by atoms with Gasteiger partial charge in [-0.25, -0.2) is 0 Å². The summed E-state index contributed by atoms with van der Waals surface area (Å²) in [5.74, 6) is 0. The normalized spacial score (nSPS) is 12.6. The van der Waals surface area contributed by atoms with Gasteiger partial charge in [-0.2, -0.15) is 5.26 Å². The van der Waals surface area contributed by atoms with Gasteiger partial charge >= 0.3 is 20.1 Å². The first-order chi connectivity index (χ1) is 38.4. The molecule has 0 spiro atoms. The van der Waals surface area contributed by atoms with Crippen LogP contribution in [0.3, 0.4) is 0 Å². The smallest absolute Gasteiger partial charge is 0.305 e. The Bertz CT molecular complexity index is 3720. The van der Waals surface area contributed by atoms with Gasteiger partial charge in [-0.1, -0.05) is 180 Å². The van der Waals surface area contributed by atoms with Gasteiger partial charge in [-0.3, -0.25) is 0 Å². The number of aromatic nitrogens is 3. The Morgan fingerprint density at radius 1 is 0.429 bits per heavy atom. The molecular weight excluding hydrogens is 1110 g/mol. The average molecular weight is 1180 g/mol. The minimum absolute atomic E-state index is 0. The first-order valence-corrected chi connectivity index (χ1v) is 26.1. The summed E-state index contributed by atoms with van der Waals surface area (Å²) in [6.07, 6.45) is 5.25. The van der Waals surface area contributed by atoms with E-state index in [4.69, 9.17) is 10.5 Å². The second-order valence-electron chi connectivity index (χ2n) is 21.5. The number of aryl methyl sites for hydroxylation is 4. The summed E-state index contributed by atoms with van der Waals surface area (Å²) in [6.45, 7) is 11.3. The zero-order chi connectivity index (χ0) is 56.2. The first-order valence-electron chi connectivity index (χ1n) is 28.1. The molecule has 0 amide bonds. The maximum Gasteiger partial charge on any atom is 3.00 e. The number of rotatable bonds is 15. The molecule has 3 aromatic heterocycles. The van der Waals surface area contributed by atoms with Gasteiger partial charge in [0.1, 0.15) is 0 Å². The average Bonchev–Trinajstić information content (AvgIpc) is 3.68. The largest absolute Gasteiger partial charge is 3.00 e. The minimum atomic E-state index is -1.76. The van der Waals surface area contributed by atoms with Crippen molar-refractivity contribution in [3.8, 4) is 84.3 Å². The molecule has 0 aliphatic rings. The molecule has 0 radical (unpaired) electrons. The molecule has 10 rings (SSSR count). The second kappa shape index (κ2) is 24.0. The minimum Gasteiger partial charge on any atom is -0.305 e. The van der Waals surface area contributed by atoms with Crippen molar-refractivity contribution < 1.29 is 25.6 Å². The van der Waals surface area contributed by atoms with E-state index in [0.717, 1.165) is 98.3 Å². The fourth-order valence-electron chi connectivity index (χ4n) is 9.67.